The molecule has 1 amide bonds. The number of hydrogen-bond acceptors (Lipinski definition) is 4. The van der Waals surface area contributed by atoms with Crippen LogP contribution in [0.4, 0.5) is 0 Å². The van der Waals surface area contributed by atoms with Gasteiger partial charge in [0, 0.05) is 17.5 Å². The Bertz CT molecular complexity index is 882. The quantitative estimate of drug-likeness (QED) is 0.645. The first-order chi connectivity index (χ1) is 11.7. The normalized spacial score (nSPS) is 17.1. The summed E-state index contributed by atoms with van der Waals surface area (Å²) in [6.07, 6.45) is 0.755. The van der Waals surface area contributed by atoms with Gasteiger partial charge in [0.25, 0.3) is 5.91 Å². The third-order valence-electron chi connectivity index (χ3n) is 4.28. The lowest BCUT2D eigenvalue weighted by atomic mass is 10.0. The van der Waals surface area contributed by atoms with E-state index in [4.69, 9.17) is 5.10 Å². The van der Waals surface area contributed by atoms with E-state index in [1.54, 1.807) is 27.7 Å². The van der Waals surface area contributed by atoms with E-state index in [9.17, 15) is 4.79 Å². The highest BCUT2D eigenvalue weighted by Gasteiger charge is 2.34. The van der Waals surface area contributed by atoms with Crippen molar-refractivity contribution in [3.63, 3.8) is 0 Å². The number of nitrogens with zero attached hydrogens (tertiary/aromatic N) is 2. The molecule has 1 aliphatic heterocycles. The molecular weight excluding hydrogens is 336 g/mol. The zero-order valence-electron chi connectivity index (χ0n) is 13.2. The highest BCUT2D eigenvalue weighted by atomic mass is 32.1. The van der Waals surface area contributed by atoms with Gasteiger partial charge in [0.2, 0.25) is 0 Å². The number of thiophene rings is 2. The lowest BCUT2D eigenvalue weighted by Crippen LogP contribution is -2.27. The molecule has 5 heteroatoms. The van der Waals surface area contributed by atoms with Gasteiger partial charge in [-0.15, -0.1) is 0 Å². The molecule has 3 heterocycles. The van der Waals surface area contributed by atoms with Crippen LogP contribution < -0.4 is 0 Å². The Labute approximate surface area is 148 Å². The molecule has 120 valence electrons. The molecule has 0 spiro atoms. The number of rotatable bonds is 3. The van der Waals surface area contributed by atoms with Crippen LogP contribution >= 0.6 is 22.7 Å². The predicted molar refractivity (Wildman–Crippen MR) is 99.9 cm³/mol. The largest absolute Gasteiger partial charge is 0.274 e. The monoisotopic (exact) mass is 352 g/mol. The minimum Gasteiger partial charge on any atom is -0.267 e. The Morgan fingerprint density at radius 1 is 1.12 bits per heavy atom. The van der Waals surface area contributed by atoms with Gasteiger partial charge in [-0.3, -0.25) is 4.79 Å². The number of hydrogen-bond donors (Lipinski definition) is 0. The summed E-state index contributed by atoms with van der Waals surface area (Å²) in [6, 6.07) is 11.8. The lowest BCUT2D eigenvalue weighted by molar-refractivity contribution is 0.0710. The summed E-state index contributed by atoms with van der Waals surface area (Å²) in [5.74, 6) is -0.0328. The second kappa shape index (κ2) is 6.34. The van der Waals surface area contributed by atoms with Crippen molar-refractivity contribution in [2.75, 3.05) is 0 Å². The van der Waals surface area contributed by atoms with Gasteiger partial charge >= 0.3 is 0 Å². The second-order valence-electron chi connectivity index (χ2n) is 5.80. The van der Waals surface area contributed by atoms with Crippen molar-refractivity contribution in [2.24, 2.45) is 5.10 Å². The molecule has 0 aliphatic carbocycles. The number of benzene rings is 1. The lowest BCUT2D eigenvalue weighted by Gasteiger charge is -2.21. The fraction of sp³-hybridized carbons (Fsp3) is 0.158. The molecule has 1 aromatic carbocycles. The van der Waals surface area contributed by atoms with Gasteiger partial charge < -0.3 is 0 Å². The molecule has 0 N–H and O–H groups in total. The molecule has 3 aromatic rings. The first-order valence-electron chi connectivity index (χ1n) is 7.75. The fourth-order valence-corrected chi connectivity index (χ4v) is 4.33. The number of carbonyl (C=O) groups is 1. The fourth-order valence-electron chi connectivity index (χ4n) is 2.96. The number of aryl methyl sites for hydroxylation is 1. The molecule has 0 saturated carbocycles. The average molecular weight is 352 g/mol. The van der Waals surface area contributed by atoms with Crippen LogP contribution in [-0.2, 0) is 0 Å². The summed E-state index contributed by atoms with van der Waals surface area (Å²) in [6.45, 7) is 1.96. The Hall–Kier alpha value is -2.24. The topological polar surface area (TPSA) is 32.7 Å². The van der Waals surface area contributed by atoms with Crippen molar-refractivity contribution < 1.29 is 4.79 Å². The Balaban J connectivity index is 1.74. The van der Waals surface area contributed by atoms with Crippen LogP contribution in [0.2, 0.25) is 0 Å². The minimum atomic E-state index is -0.0328. The molecule has 0 radical (unpaired) electrons. The maximum absolute atomic E-state index is 13.1. The molecular formula is C19H16N2OS2. The van der Waals surface area contributed by atoms with Crippen molar-refractivity contribution >= 4 is 34.3 Å². The Kier molecular flexibility index (Phi) is 4.04. The zero-order chi connectivity index (χ0) is 16.5. The SMILES string of the molecule is Cc1ccccc1C(=O)N1N=C(c2ccsc2)C[C@H]1c1ccsc1. The van der Waals surface area contributed by atoms with E-state index in [1.165, 1.54) is 0 Å². The molecule has 3 nitrogen and oxygen atoms in total. The predicted octanol–water partition coefficient (Wildman–Crippen LogP) is 5.11. The van der Waals surface area contributed by atoms with Crippen LogP contribution in [0.25, 0.3) is 0 Å². The van der Waals surface area contributed by atoms with E-state index in [0.717, 1.165) is 28.8 Å². The molecule has 0 unspecified atom stereocenters. The van der Waals surface area contributed by atoms with Crippen LogP contribution in [0.15, 0.2) is 63.0 Å². The van der Waals surface area contributed by atoms with E-state index in [1.807, 2.05) is 41.9 Å². The second-order valence-corrected chi connectivity index (χ2v) is 7.36. The smallest absolute Gasteiger partial charge is 0.267 e. The van der Waals surface area contributed by atoms with E-state index in [2.05, 4.69) is 22.9 Å². The Morgan fingerprint density at radius 3 is 2.62 bits per heavy atom. The number of carbonyl (C=O) groups excluding carboxylic acids is 1. The highest BCUT2D eigenvalue weighted by molar-refractivity contribution is 7.08. The molecule has 1 aliphatic rings. The van der Waals surface area contributed by atoms with Crippen LogP contribution in [0.3, 0.4) is 0 Å². The Morgan fingerprint density at radius 2 is 1.92 bits per heavy atom. The first-order valence-corrected chi connectivity index (χ1v) is 9.64. The summed E-state index contributed by atoms with van der Waals surface area (Å²) in [5.41, 5.74) is 4.93. The van der Waals surface area contributed by atoms with Crippen molar-refractivity contribution in [3.8, 4) is 0 Å². The van der Waals surface area contributed by atoms with Gasteiger partial charge in [-0.2, -0.15) is 27.8 Å². The standard InChI is InChI=1S/C19H16N2OS2/c1-13-4-2-3-5-16(13)19(22)21-18(15-7-9-24-12-15)10-17(20-21)14-6-8-23-11-14/h2-9,11-12,18H,10H2,1H3/t18-/m0/s1. The van der Waals surface area contributed by atoms with Crippen molar-refractivity contribution in [1.29, 1.82) is 0 Å². The molecule has 2 aromatic heterocycles. The maximum atomic E-state index is 13.1. The van der Waals surface area contributed by atoms with Crippen molar-refractivity contribution in [3.05, 3.63) is 80.2 Å². The van der Waals surface area contributed by atoms with E-state index in [0.29, 0.717) is 5.56 Å². The van der Waals surface area contributed by atoms with Gasteiger partial charge in [0.15, 0.2) is 0 Å². The average Bonchev–Trinajstić information content (AvgIpc) is 3.33. The number of amides is 1. The summed E-state index contributed by atoms with van der Waals surface area (Å²) in [7, 11) is 0. The maximum Gasteiger partial charge on any atom is 0.274 e. The molecule has 4 rings (SSSR count). The molecule has 0 bridgehead atoms. The summed E-state index contributed by atoms with van der Waals surface area (Å²) >= 11 is 3.30. The highest BCUT2D eigenvalue weighted by Crippen LogP contribution is 2.35. The third-order valence-corrected chi connectivity index (χ3v) is 5.66. The van der Waals surface area contributed by atoms with Crippen LogP contribution in [-0.4, -0.2) is 16.6 Å². The third kappa shape index (κ3) is 2.70. The van der Waals surface area contributed by atoms with Crippen molar-refractivity contribution in [1.82, 2.24) is 5.01 Å². The van der Waals surface area contributed by atoms with Crippen LogP contribution in [0.5, 0.6) is 0 Å². The first kappa shape index (κ1) is 15.3. The molecule has 0 saturated heterocycles. The zero-order valence-corrected chi connectivity index (χ0v) is 14.8. The molecule has 1 atom stereocenters. The van der Waals surface area contributed by atoms with Gasteiger partial charge in [-0.25, -0.2) is 5.01 Å². The minimum absolute atomic E-state index is 0.0294. The van der Waals surface area contributed by atoms with Gasteiger partial charge in [0.05, 0.1) is 11.8 Å². The van der Waals surface area contributed by atoms with Gasteiger partial charge in [0.1, 0.15) is 0 Å². The number of hydrazone groups is 1. The summed E-state index contributed by atoms with van der Waals surface area (Å²) in [4.78, 5) is 13.1. The van der Waals surface area contributed by atoms with Crippen LogP contribution in [0.1, 0.15) is 39.5 Å². The van der Waals surface area contributed by atoms with E-state index < -0.39 is 0 Å². The van der Waals surface area contributed by atoms with Crippen LogP contribution in [0, 0.1) is 6.92 Å². The van der Waals surface area contributed by atoms with E-state index in [-0.39, 0.29) is 11.9 Å². The van der Waals surface area contributed by atoms with Gasteiger partial charge in [-0.05, 0) is 57.8 Å². The summed E-state index contributed by atoms with van der Waals surface area (Å²) in [5, 5.41) is 14.7. The van der Waals surface area contributed by atoms with Crippen molar-refractivity contribution in [2.45, 2.75) is 19.4 Å². The van der Waals surface area contributed by atoms with E-state index >= 15 is 0 Å². The van der Waals surface area contributed by atoms with Gasteiger partial charge in [-0.1, -0.05) is 18.2 Å². The molecule has 0 fully saturated rings. The molecule has 24 heavy (non-hydrogen) atoms. The summed E-state index contributed by atoms with van der Waals surface area (Å²) < 4.78 is 0.